The fourth-order valence-electron chi connectivity index (χ4n) is 3.45. The van der Waals surface area contributed by atoms with E-state index < -0.39 is 22.5 Å². The first-order chi connectivity index (χ1) is 18.3. The van der Waals surface area contributed by atoms with E-state index in [0.717, 1.165) is 15.4 Å². The third kappa shape index (κ3) is 7.44. The number of anilines is 1. The minimum Gasteiger partial charge on any atom is -0.489 e. The number of nitrogens with one attached hydrogen (secondary N) is 1. The summed E-state index contributed by atoms with van der Waals surface area (Å²) in [6, 6.07) is 29.3. The average molecular weight is 613 g/mol. The molecule has 0 aromatic heterocycles. The highest BCUT2D eigenvalue weighted by molar-refractivity contribution is 9.10. The van der Waals surface area contributed by atoms with E-state index >= 15 is 0 Å². The molecule has 0 unspecified atom stereocenters. The number of rotatable bonds is 10. The SMILES string of the molecule is O=C(CN(c1cccc(Br)c1)S(=O)(=O)c1ccccc1)N/N=C\c1ccc(OCc2cccc(Cl)c2)cc1. The normalized spacial score (nSPS) is 11.3. The molecule has 0 aliphatic heterocycles. The molecule has 0 heterocycles. The number of benzene rings is 4. The van der Waals surface area contributed by atoms with Crippen molar-refractivity contribution in [2.24, 2.45) is 5.10 Å². The summed E-state index contributed by atoms with van der Waals surface area (Å²) in [5.74, 6) is 0.0733. The molecule has 1 amide bonds. The lowest BCUT2D eigenvalue weighted by atomic mass is 10.2. The first-order valence-corrected chi connectivity index (χ1v) is 14.0. The van der Waals surface area contributed by atoms with Crippen molar-refractivity contribution in [1.82, 2.24) is 5.43 Å². The Labute approximate surface area is 234 Å². The van der Waals surface area contributed by atoms with Gasteiger partial charge in [0.2, 0.25) is 0 Å². The Hall–Kier alpha value is -3.66. The molecular weight excluding hydrogens is 590 g/mol. The van der Waals surface area contributed by atoms with Crippen molar-refractivity contribution in [3.05, 3.63) is 124 Å². The van der Waals surface area contributed by atoms with Crippen molar-refractivity contribution in [3.63, 3.8) is 0 Å². The summed E-state index contributed by atoms with van der Waals surface area (Å²) >= 11 is 9.36. The van der Waals surface area contributed by atoms with Gasteiger partial charge in [0.15, 0.2) is 0 Å². The molecule has 1 N–H and O–H groups in total. The molecule has 0 atom stereocenters. The van der Waals surface area contributed by atoms with Crippen LogP contribution in [0.15, 0.2) is 118 Å². The zero-order chi connectivity index (χ0) is 27.0. The summed E-state index contributed by atoms with van der Waals surface area (Å²) in [6.45, 7) is -0.0776. The summed E-state index contributed by atoms with van der Waals surface area (Å²) in [5, 5.41) is 4.63. The highest BCUT2D eigenvalue weighted by Gasteiger charge is 2.27. The monoisotopic (exact) mass is 611 g/mol. The van der Waals surface area contributed by atoms with E-state index in [1.807, 2.05) is 18.2 Å². The van der Waals surface area contributed by atoms with E-state index in [-0.39, 0.29) is 4.90 Å². The van der Waals surface area contributed by atoms with Crippen LogP contribution >= 0.6 is 27.5 Å². The first-order valence-electron chi connectivity index (χ1n) is 11.4. The molecule has 38 heavy (non-hydrogen) atoms. The Balaban J connectivity index is 1.39. The predicted molar refractivity (Wildman–Crippen MR) is 153 cm³/mol. The second-order valence-electron chi connectivity index (χ2n) is 8.09. The number of hydrogen-bond donors (Lipinski definition) is 1. The second-order valence-corrected chi connectivity index (χ2v) is 11.3. The standard InChI is InChI=1S/C28H23BrClN3O4S/c29-23-7-5-9-25(17-23)33(38(35,36)27-10-2-1-3-11-27)19-28(34)32-31-18-21-12-14-26(15-13-21)37-20-22-6-4-8-24(30)16-22/h1-18H,19-20H2,(H,32,34)/b31-18-. The Morgan fingerprint density at radius 2 is 1.68 bits per heavy atom. The van der Waals surface area contributed by atoms with Crippen LogP contribution in [0.4, 0.5) is 5.69 Å². The van der Waals surface area contributed by atoms with Gasteiger partial charge in [0.05, 0.1) is 16.8 Å². The van der Waals surface area contributed by atoms with Gasteiger partial charge >= 0.3 is 0 Å². The fourth-order valence-corrected chi connectivity index (χ4v) is 5.49. The number of halogens is 2. The maximum atomic E-state index is 13.3. The zero-order valence-corrected chi connectivity index (χ0v) is 23.2. The Bertz CT molecular complexity index is 1530. The van der Waals surface area contributed by atoms with Crippen molar-refractivity contribution >= 4 is 55.4 Å². The van der Waals surface area contributed by atoms with E-state index in [2.05, 4.69) is 26.5 Å². The number of sulfonamides is 1. The number of carbonyl (C=O) groups excluding carboxylic acids is 1. The summed E-state index contributed by atoms with van der Waals surface area (Å²) in [7, 11) is -4.00. The van der Waals surface area contributed by atoms with Gasteiger partial charge in [-0.25, -0.2) is 13.8 Å². The van der Waals surface area contributed by atoms with Crippen LogP contribution in [0.25, 0.3) is 0 Å². The molecule has 7 nitrogen and oxygen atoms in total. The van der Waals surface area contributed by atoms with Crippen LogP contribution < -0.4 is 14.5 Å². The second kappa shape index (κ2) is 12.7. The van der Waals surface area contributed by atoms with Crippen molar-refractivity contribution in [1.29, 1.82) is 0 Å². The Morgan fingerprint density at radius 1 is 0.947 bits per heavy atom. The van der Waals surface area contributed by atoms with E-state index in [0.29, 0.717) is 27.5 Å². The van der Waals surface area contributed by atoms with Gasteiger partial charge in [-0.15, -0.1) is 0 Å². The minimum atomic E-state index is -4.00. The van der Waals surface area contributed by atoms with Crippen LogP contribution in [0, 0.1) is 0 Å². The highest BCUT2D eigenvalue weighted by Crippen LogP contribution is 2.26. The van der Waals surface area contributed by atoms with Gasteiger partial charge in [0, 0.05) is 9.50 Å². The summed E-state index contributed by atoms with van der Waals surface area (Å²) in [4.78, 5) is 12.8. The largest absolute Gasteiger partial charge is 0.489 e. The Morgan fingerprint density at radius 3 is 2.39 bits per heavy atom. The summed E-state index contributed by atoms with van der Waals surface area (Å²) < 4.78 is 34.2. The molecule has 0 radical (unpaired) electrons. The summed E-state index contributed by atoms with van der Waals surface area (Å²) in [5.41, 5.74) is 4.43. The topological polar surface area (TPSA) is 88.1 Å². The molecule has 0 aliphatic rings. The van der Waals surface area contributed by atoms with E-state index in [1.54, 1.807) is 72.8 Å². The molecule has 0 bridgehead atoms. The molecule has 4 aromatic rings. The van der Waals surface area contributed by atoms with Crippen molar-refractivity contribution < 1.29 is 17.9 Å². The van der Waals surface area contributed by atoms with Gasteiger partial charge in [-0.05, 0) is 77.9 Å². The molecule has 0 spiro atoms. The van der Waals surface area contributed by atoms with Crippen LogP contribution in [0.5, 0.6) is 5.75 Å². The van der Waals surface area contributed by atoms with E-state index in [4.69, 9.17) is 16.3 Å². The van der Waals surface area contributed by atoms with E-state index in [9.17, 15) is 13.2 Å². The van der Waals surface area contributed by atoms with Gasteiger partial charge in [-0.1, -0.05) is 63.9 Å². The number of carbonyl (C=O) groups is 1. The van der Waals surface area contributed by atoms with E-state index in [1.165, 1.54) is 18.3 Å². The lowest BCUT2D eigenvalue weighted by Crippen LogP contribution is -2.39. The van der Waals surface area contributed by atoms with Gasteiger partial charge in [-0.2, -0.15) is 5.10 Å². The molecule has 0 aliphatic carbocycles. The molecule has 0 saturated heterocycles. The van der Waals surface area contributed by atoms with Gasteiger partial charge in [-0.3, -0.25) is 9.10 Å². The lowest BCUT2D eigenvalue weighted by molar-refractivity contribution is -0.119. The summed E-state index contributed by atoms with van der Waals surface area (Å²) in [6.07, 6.45) is 1.47. The number of hydrogen-bond acceptors (Lipinski definition) is 5. The molecule has 4 aromatic carbocycles. The smallest absolute Gasteiger partial charge is 0.264 e. The molecule has 194 valence electrons. The van der Waals surface area contributed by atoms with Crippen LogP contribution in [0.2, 0.25) is 5.02 Å². The maximum Gasteiger partial charge on any atom is 0.264 e. The zero-order valence-electron chi connectivity index (χ0n) is 20.0. The third-order valence-corrected chi connectivity index (χ3v) is 7.81. The van der Waals surface area contributed by atoms with Crippen LogP contribution in [-0.4, -0.2) is 27.1 Å². The van der Waals surface area contributed by atoms with Gasteiger partial charge in [0.25, 0.3) is 15.9 Å². The van der Waals surface area contributed by atoms with Crippen LogP contribution in [0.3, 0.4) is 0 Å². The lowest BCUT2D eigenvalue weighted by Gasteiger charge is -2.23. The highest BCUT2D eigenvalue weighted by atomic mass is 79.9. The van der Waals surface area contributed by atoms with Crippen molar-refractivity contribution in [2.45, 2.75) is 11.5 Å². The maximum absolute atomic E-state index is 13.3. The number of ether oxygens (including phenoxy) is 1. The quantitative estimate of drug-likeness (QED) is 0.175. The Kier molecular flexibility index (Phi) is 9.17. The third-order valence-electron chi connectivity index (χ3n) is 5.29. The minimum absolute atomic E-state index is 0.0777. The fraction of sp³-hybridized carbons (Fsp3) is 0.0714. The average Bonchev–Trinajstić information content (AvgIpc) is 2.92. The molecule has 0 saturated carbocycles. The molecule has 4 rings (SSSR count). The van der Waals surface area contributed by atoms with Gasteiger partial charge in [0.1, 0.15) is 18.9 Å². The number of nitrogens with zero attached hydrogens (tertiary/aromatic N) is 2. The van der Waals surface area contributed by atoms with Crippen molar-refractivity contribution in [2.75, 3.05) is 10.8 Å². The van der Waals surface area contributed by atoms with Crippen LogP contribution in [0.1, 0.15) is 11.1 Å². The number of amides is 1. The number of hydrazone groups is 1. The molecule has 0 fully saturated rings. The first kappa shape index (κ1) is 27.4. The predicted octanol–water partition coefficient (Wildman–Crippen LogP) is 6.03. The van der Waals surface area contributed by atoms with Gasteiger partial charge < -0.3 is 4.74 Å². The molecule has 10 heteroatoms. The van der Waals surface area contributed by atoms with Crippen molar-refractivity contribution in [3.8, 4) is 5.75 Å². The van der Waals surface area contributed by atoms with Crippen LogP contribution in [-0.2, 0) is 21.4 Å². The molecular formula is C28H23BrClN3O4S.